The summed E-state index contributed by atoms with van der Waals surface area (Å²) in [4.78, 5) is 14.0. The van der Waals surface area contributed by atoms with Crippen molar-refractivity contribution >= 4 is 17.5 Å². The zero-order chi connectivity index (χ0) is 22.1. The summed E-state index contributed by atoms with van der Waals surface area (Å²) in [5, 5.41) is 18.5. The molecule has 5 rings (SSSR count). The summed E-state index contributed by atoms with van der Waals surface area (Å²) >= 11 is 0. The molecule has 0 spiro atoms. The number of nitrogens with one attached hydrogen (secondary N) is 2. The normalized spacial score (nSPS) is 24.6. The molecule has 0 radical (unpaired) electrons. The highest BCUT2D eigenvalue weighted by molar-refractivity contribution is 5.84. The highest BCUT2D eigenvalue weighted by atomic mass is 16.6. The van der Waals surface area contributed by atoms with Crippen LogP contribution in [0.25, 0.3) is 0 Å². The third-order valence-electron chi connectivity index (χ3n) is 6.32. The van der Waals surface area contributed by atoms with Gasteiger partial charge in [-0.3, -0.25) is 15.3 Å². The van der Waals surface area contributed by atoms with Crippen LogP contribution in [0.4, 0.5) is 16.2 Å². The van der Waals surface area contributed by atoms with E-state index < -0.39 is 6.09 Å². The van der Waals surface area contributed by atoms with E-state index in [0.717, 1.165) is 44.0 Å². The first-order chi connectivity index (χ1) is 15.7. The highest BCUT2D eigenvalue weighted by Crippen LogP contribution is 2.38. The molecule has 0 aliphatic carbocycles. The van der Waals surface area contributed by atoms with Gasteiger partial charge < -0.3 is 24.9 Å². The molecule has 0 saturated carbocycles. The Bertz CT molecular complexity index is 888. The Morgan fingerprint density at radius 2 is 1.97 bits per heavy atom. The number of morpholine rings is 1. The van der Waals surface area contributed by atoms with Crippen LogP contribution in [0.3, 0.4) is 0 Å². The van der Waals surface area contributed by atoms with Gasteiger partial charge >= 0.3 is 6.09 Å². The van der Waals surface area contributed by atoms with Crippen molar-refractivity contribution in [2.45, 2.75) is 31.8 Å². The molecular formula is C22H30N6O4. The zero-order valence-electron chi connectivity index (χ0n) is 18.2. The van der Waals surface area contributed by atoms with Crippen molar-refractivity contribution in [2.75, 3.05) is 49.9 Å². The number of likely N-dealkylation sites (N-methyl/N-ethyl adjacent to an activating group) is 1. The fourth-order valence-electron chi connectivity index (χ4n) is 4.82. The Balaban J connectivity index is 1.37. The van der Waals surface area contributed by atoms with Crippen LogP contribution >= 0.6 is 0 Å². The topological polar surface area (TPSA) is 92.8 Å². The van der Waals surface area contributed by atoms with Crippen LogP contribution in [0.2, 0.25) is 0 Å². The number of hydrogen-bond donors (Lipinski definition) is 3. The van der Waals surface area contributed by atoms with Gasteiger partial charge in [-0.2, -0.15) is 0 Å². The standard InChI is InChI=1S/C22H30N6O4/c1-2-26-21-12-25(17-5-3-16(4-6-17)24-22(30)32-10-9-29)15-27(20(21)11-23-26)28-18-7-8-19(28)14-31-13-18/h3-6,11-12,18-19,23,29H,2,7-10,13-15H2,1H3,(H,24,30). The van der Waals surface area contributed by atoms with Gasteiger partial charge in [0.25, 0.3) is 0 Å². The van der Waals surface area contributed by atoms with Crippen LogP contribution in [-0.4, -0.2) is 78.0 Å². The van der Waals surface area contributed by atoms with Crippen molar-refractivity contribution in [1.82, 2.24) is 20.5 Å². The SMILES string of the molecule is CCN1NC=C2C1=CN(c1ccc(NC(=O)OCCO)cc1)CN2N1C2CCC1COC2. The van der Waals surface area contributed by atoms with E-state index in [-0.39, 0.29) is 13.2 Å². The summed E-state index contributed by atoms with van der Waals surface area (Å²) in [5.74, 6) is 0. The number of aliphatic hydroxyl groups is 1. The maximum atomic E-state index is 11.7. The molecule has 4 aliphatic rings. The number of hydrazine groups is 2. The van der Waals surface area contributed by atoms with Crippen LogP contribution in [0, 0.1) is 0 Å². The van der Waals surface area contributed by atoms with E-state index in [1.807, 2.05) is 24.3 Å². The van der Waals surface area contributed by atoms with Gasteiger partial charge in [0.1, 0.15) is 13.3 Å². The Labute approximate surface area is 187 Å². The van der Waals surface area contributed by atoms with Gasteiger partial charge in [0.05, 0.1) is 43.3 Å². The molecule has 1 aromatic rings. The van der Waals surface area contributed by atoms with Gasteiger partial charge in [-0.25, -0.2) is 9.80 Å². The number of aliphatic hydroxyl groups excluding tert-OH is 1. The first-order valence-electron chi connectivity index (χ1n) is 11.2. The number of nitrogens with zero attached hydrogens (tertiary/aromatic N) is 4. The summed E-state index contributed by atoms with van der Waals surface area (Å²) < 4.78 is 10.7. The summed E-state index contributed by atoms with van der Waals surface area (Å²) in [6, 6.07) is 8.49. The molecule has 2 fully saturated rings. The molecule has 0 aromatic heterocycles. The molecule has 3 N–H and O–H groups in total. The monoisotopic (exact) mass is 442 g/mol. The van der Waals surface area contributed by atoms with Crippen molar-refractivity contribution in [3.8, 4) is 0 Å². The molecule has 4 heterocycles. The number of anilines is 2. The van der Waals surface area contributed by atoms with Crippen LogP contribution in [0.1, 0.15) is 19.8 Å². The Kier molecular flexibility index (Phi) is 5.81. The summed E-state index contributed by atoms with van der Waals surface area (Å²) in [5.41, 5.74) is 7.38. The highest BCUT2D eigenvalue weighted by Gasteiger charge is 2.44. The fraction of sp³-hybridized carbons (Fsp3) is 0.500. The van der Waals surface area contributed by atoms with Crippen molar-refractivity contribution < 1.29 is 19.4 Å². The number of carbonyl (C=O) groups is 1. The van der Waals surface area contributed by atoms with Crippen LogP contribution in [0.15, 0.2) is 48.1 Å². The van der Waals surface area contributed by atoms with Gasteiger partial charge in [-0.05, 0) is 44.0 Å². The molecule has 10 nitrogen and oxygen atoms in total. The molecule has 2 saturated heterocycles. The van der Waals surface area contributed by atoms with Gasteiger partial charge in [-0.1, -0.05) is 0 Å². The van der Waals surface area contributed by atoms with Crippen molar-refractivity contribution in [2.24, 2.45) is 0 Å². The van der Waals surface area contributed by atoms with E-state index in [1.54, 1.807) is 0 Å². The third-order valence-corrected chi connectivity index (χ3v) is 6.32. The molecule has 1 aromatic carbocycles. The first-order valence-corrected chi connectivity index (χ1v) is 11.2. The average Bonchev–Trinajstić information content (AvgIpc) is 3.34. The molecule has 172 valence electrons. The second-order valence-corrected chi connectivity index (χ2v) is 8.26. The van der Waals surface area contributed by atoms with Crippen molar-refractivity contribution in [1.29, 1.82) is 0 Å². The number of amides is 1. The second kappa shape index (κ2) is 8.89. The van der Waals surface area contributed by atoms with E-state index >= 15 is 0 Å². The molecule has 10 heteroatoms. The largest absolute Gasteiger partial charge is 0.447 e. The van der Waals surface area contributed by atoms with E-state index in [4.69, 9.17) is 14.6 Å². The maximum Gasteiger partial charge on any atom is 0.411 e. The number of rotatable bonds is 6. The molecule has 2 bridgehead atoms. The number of benzene rings is 1. The molecule has 32 heavy (non-hydrogen) atoms. The van der Waals surface area contributed by atoms with Crippen LogP contribution in [-0.2, 0) is 9.47 Å². The number of hydrogen-bond acceptors (Lipinski definition) is 9. The lowest BCUT2D eigenvalue weighted by atomic mass is 10.2. The summed E-state index contributed by atoms with van der Waals surface area (Å²) in [6.07, 6.45) is 6.00. The van der Waals surface area contributed by atoms with Crippen LogP contribution < -0.4 is 15.6 Å². The van der Waals surface area contributed by atoms with Crippen molar-refractivity contribution in [3.63, 3.8) is 0 Å². The number of ether oxygens (including phenoxy) is 2. The third kappa shape index (κ3) is 3.85. The van der Waals surface area contributed by atoms with Crippen molar-refractivity contribution in [3.05, 3.63) is 48.1 Å². The lowest BCUT2D eigenvalue weighted by Crippen LogP contribution is -2.58. The predicted octanol–water partition coefficient (Wildman–Crippen LogP) is 1.61. The summed E-state index contributed by atoms with van der Waals surface area (Å²) in [6.45, 7) is 5.01. The minimum absolute atomic E-state index is 0.0254. The van der Waals surface area contributed by atoms with Crippen LogP contribution in [0.5, 0.6) is 0 Å². The van der Waals surface area contributed by atoms with E-state index in [0.29, 0.717) is 24.4 Å². The molecule has 4 aliphatic heterocycles. The Hall–Kier alpha value is -2.95. The first kappa shape index (κ1) is 20.9. The number of fused-ring (bicyclic) bond motifs is 3. The zero-order valence-corrected chi connectivity index (χ0v) is 18.2. The maximum absolute atomic E-state index is 11.7. The fourth-order valence-corrected chi connectivity index (χ4v) is 4.82. The second-order valence-electron chi connectivity index (χ2n) is 8.26. The minimum Gasteiger partial charge on any atom is -0.447 e. The lowest BCUT2D eigenvalue weighted by Gasteiger charge is -2.48. The lowest BCUT2D eigenvalue weighted by molar-refractivity contribution is -0.119. The number of carbonyl (C=O) groups excluding carboxylic acids is 1. The molecule has 2 unspecified atom stereocenters. The van der Waals surface area contributed by atoms with Gasteiger partial charge in [-0.15, -0.1) is 0 Å². The predicted molar refractivity (Wildman–Crippen MR) is 119 cm³/mol. The van der Waals surface area contributed by atoms with E-state index in [1.165, 1.54) is 5.70 Å². The minimum atomic E-state index is -0.578. The summed E-state index contributed by atoms with van der Waals surface area (Å²) in [7, 11) is 0. The smallest absolute Gasteiger partial charge is 0.411 e. The van der Waals surface area contributed by atoms with Gasteiger partial charge in [0.15, 0.2) is 0 Å². The Morgan fingerprint density at radius 1 is 1.22 bits per heavy atom. The Morgan fingerprint density at radius 3 is 2.66 bits per heavy atom. The molecule has 1 amide bonds. The van der Waals surface area contributed by atoms with Gasteiger partial charge in [0.2, 0.25) is 0 Å². The quantitative estimate of drug-likeness (QED) is 0.608. The molecule has 2 atom stereocenters. The van der Waals surface area contributed by atoms with E-state index in [9.17, 15) is 4.79 Å². The van der Waals surface area contributed by atoms with E-state index in [2.05, 4.69) is 50.0 Å². The molecular weight excluding hydrogens is 412 g/mol. The average molecular weight is 443 g/mol. The van der Waals surface area contributed by atoms with Gasteiger partial charge in [0, 0.05) is 30.3 Å².